The van der Waals surface area contributed by atoms with Gasteiger partial charge in [-0.2, -0.15) is 0 Å². The summed E-state index contributed by atoms with van der Waals surface area (Å²) in [7, 11) is 0. The van der Waals surface area contributed by atoms with Crippen molar-refractivity contribution >= 4 is 5.91 Å². The summed E-state index contributed by atoms with van der Waals surface area (Å²) < 4.78 is 0. The monoisotopic (exact) mass is 210 g/mol. The molecule has 2 aliphatic rings. The lowest BCUT2D eigenvalue weighted by Gasteiger charge is -2.38. The van der Waals surface area contributed by atoms with Crippen LogP contribution in [0.2, 0.25) is 0 Å². The highest BCUT2D eigenvalue weighted by Crippen LogP contribution is 2.33. The largest absolute Gasteiger partial charge is 0.353 e. The lowest BCUT2D eigenvalue weighted by atomic mass is 9.75. The van der Waals surface area contributed by atoms with E-state index in [2.05, 4.69) is 12.2 Å². The van der Waals surface area contributed by atoms with Crippen molar-refractivity contribution < 1.29 is 4.79 Å². The molecule has 15 heavy (non-hydrogen) atoms. The van der Waals surface area contributed by atoms with Crippen LogP contribution in [-0.4, -0.2) is 17.5 Å². The molecule has 2 aliphatic carbocycles. The van der Waals surface area contributed by atoms with Gasteiger partial charge in [-0.15, -0.1) is 0 Å². The molecule has 0 saturated heterocycles. The van der Waals surface area contributed by atoms with Gasteiger partial charge in [-0.3, -0.25) is 4.79 Å². The number of rotatable bonds is 4. The normalized spacial score (nSPS) is 26.3. The van der Waals surface area contributed by atoms with Crippen LogP contribution in [-0.2, 0) is 4.79 Å². The summed E-state index contributed by atoms with van der Waals surface area (Å²) in [4.78, 5) is 11.7. The summed E-state index contributed by atoms with van der Waals surface area (Å²) in [5, 5.41) is 3.09. The van der Waals surface area contributed by atoms with Crippen LogP contribution in [0.25, 0.3) is 0 Å². The molecule has 0 aromatic heterocycles. The molecule has 2 fully saturated rings. The summed E-state index contributed by atoms with van der Waals surface area (Å²) in [5.41, 5.74) is 5.86. The van der Waals surface area contributed by atoms with Crippen molar-refractivity contribution in [2.75, 3.05) is 0 Å². The summed E-state index contributed by atoms with van der Waals surface area (Å²) in [5.74, 6) is 0.862. The molecule has 2 saturated carbocycles. The molecule has 1 amide bonds. The molecule has 2 rings (SSSR count). The second kappa shape index (κ2) is 4.12. The molecule has 1 unspecified atom stereocenters. The number of nitrogens with one attached hydrogen (secondary N) is 1. The number of hydrogen-bond donors (Lipinski definition) is 2. The topological polar surface area (TPSA) is 55.1 Å². The molecular formula is C12H22N2O. The molecule has 3 N–H and O–H groups in total. The lowest BCUT2D eigenvalue weighted by molar-refractivity contribution is -0.124. The third-order valence-electron chi connectivity index (χ3n) is 4.11. The molecule has 0 aliphatic heterocycles. The minimum atomic E-state index is -0.177. The first-order valence-electron chi connectivity index (χ1n) is 6.17. The van der Waals surface area contributed by atoms with Gasteiger partial charge in [0.15, 0.2) is 0 Å². The Morgan fingerprint density at radius 3 is 2.53 bits per heavy atom. The van der Waals surface area contributed by atoms with E-state index in [0.717, 1.165) is 12.8 Å². The van der Waals surface area contributed by atoms with Crippen molar-refractivity contribution in [2.24, 2.45) is 11.7 Å². The second-order valence-corrected chi connectivity index (χ2v) is 5.44. The number of amides is 1. The van der Waals surface area contributed by atoms with Gasteiger partial charge in [-0.05, 0) is 44.9 Å². The summed E-state index contributed by atoms with van der Waals surface area (Å²) in [6.45, 7) is 2.12. The Bertz CT molecular complexity index is 244. The Balaban J connectivity index is 1.71. The van der Waals surface area contributed by atoms with Crippen LogP contribution in [0.1, 0.15) is 51.9 Å². The molecule has 0 bridgehead atoms. The standard InChI is InChI=1S/C12H22N2O/c1-9(10-4-2-5-10)14-11(15)8-12(13)6-3-7-12/h9-10H,2-8,13H2,1H3,(H,14,15). The first-order chi connectivity index (χ1) is 7.09. The van der Waals surface area contributed by atoms with Crippen LogP contribution in [0.4, 0.5) is 0 Å². The molecular weight excluding hydrogens is 188 g/mol. The van der Waals surface area contributed by atoms with Gasteiger partial charge in [0.2, 0.25) is 5.91 Å². The van der Waals surface area contributed by atoms with Crippen molar-refractivity contribution in [3.8, 4) is 0 Å². The minimum absolute atomic E-state index is 0.150. The van der Waals surface area contributed by atoms with E-state index in [0.29, 0.717) is 18.4 Å². The zero-order valence-corrected chi connectivity index (χ0v) is 9.59. The number of nitrogens with two attached hydrogens (primary N) is 1. The fraction of sp³-hybridized carbons (Fsp3) is 0.917. The van der Waals surface area contributed by atoms with Gasteiger partial charge in [0.25, 0.3) is 0 Å². The van der Waals surface area contributed by atoms with Crippen LogP contribution in [0.3, 0.4) is 0 Å². The van der Waals surface area contributed by atoms with Crippen LogP contribution in [0.15, 0.2) is 0 Å². The molecule has 1 atom stereocenters. The summed E-state index contributed by atoms with van der Waals surface area (Å²) in [6.07, 6.45) is 7.60. The maximum atomic E-state index is 11.7. The van der Waals surface area contributed by atoms with Crippen molar-refractivity contribution in [1.82, 2.24) is 5.32 Å². The molecule has 3 nitrogen and oxygen atoms in total. The zero-order valence-electron chi connectivity index (χ0n) is 9.59. The van der Waals surface area contributed by atoms with E-state index in [1.54, 1.807) is 0 Å². The molecule has 0 radical (unpaired) electrons. The van der Waals surface area contributed by atoms with Gasteiger partial charge < -0.3 is 11.1 Å². The molecule has 86 valence electrons. The van der Waals surface area contributed by atoms with Crippen molar-refractivity contribution in [3.05, 3.63) is 0 Å². The molecule has 0 heterocycles. The third-order valence-corrected chi connectivity index (χ3v) is 4.11. The van der Waals surface area contributed by atoms with E-state index in [1.165, 1.54) is 25.7 Å². The van der Waals surface area contributed by atoms with Gasteiger partial charge in [0.1, 0.15) is 0 Å². The van der Waals surface area contributed by atoms with Crippen LogP contribution in [0, 0.1) is 5.92 Å². The zero-order chi connectivity index (χ0) is 10.9. The predicted octanol–water partition coefficient (Wildman–Crippen LogP) is 1.56. The van der Waals surface area contributed by atoms with Crippen LogP contribution < -0.4 is 11.1 Å². The minimum Gasteiger partial charge on any atom is -0.353 e. The number of hydrogen-bond acceptors (Lipinski definition) is 2. The van der Waals surface area contributed by atoms with Crippen LogP contribution in [0.5, 0.6) is 0 Å². The Morgan fingerprint density at radius 1 is 1.47 bits per heavy atom. The molecule has 0 aromatic carbocycles. The van der Waals surface area contributed by atoms with Crippen molar-refractivity contribution in [3.63, 3.8) is 0 Å². The smallest absolute Gasteiger partial charge is 0.222 e. The quantitative estimate of drug-likeness (QED) is 0.740. The van der Waals surface area contributed by atoms with Crippen molar-refractivity contribution in [2.45, 2.75) is 63.5 Å². The van der Waals surface area contributed by atoms with Crippen molar-refractivity contribution in [1.29, 1.82) is 0 Å². The highest BCUT2D eigenvalue weighted by Gasteiger charge is 2.35. The SMILES string of the molecule is CC(NC(=O)CC1(N)CCC1)C1CCC1. The average molecular weight is 210 g/mol. The van der Waals surface area contributed by atoms with Crippen LogP contribution >= 0.6 is 0 Å². The Morgan fingerprint density at radius 2 is 2.13 bits per heavy atom. The number of carbonyl (C=O) groups is 1. The van der Waals surface area contributed by atoms with Gasteiger partial charge >= 0.3 is 0 Å². The van der Waals surface area contributed by atoms with E-state index in [1.807, 2.05) is 0 Å². The Hall–Kier alpha value is -0.570. The van der Waals surface area contributed by atoms with E-state index in [4.69, 9.17) is 5.73 Å². The molecule has 0 spiro atoms. The molecule has 3 heteroatoms. The lowest BCUT2D eigenvalue weighted by Crippen LogP contribution is -2.51. The van der Waals surface area contributed by atoms with E-state index < -0.39 is 0 Å². The number of carbonyl (C=O) groups excluding carboxylic acids is 1. The van der Waals surface area contributed by atoms with Gasteiger partial charge in [-0.1, -0.05) is 6.42 Å². The van der Waals surface area contributed by atoms with Gasteiger partial charge in [0.05, 0.1) is 0 Å². The Labute approximate surface area is 91.8 Å². The first kappa shape index (κ1) is 10.9. The first-order valence-corrected chi connectivity index (χ1v) is 6.17. The van der Waals surface area contributed by atoms with Gasteiger partial charge in [0, 0.05) is 18.0 Å². The van der Waals surface area contributed by atoms with E-state index in [-0.39, 0.29) is 11.4 Å². The highest BCUT2D eigenvalue weighted by molar-refractivity contribution is 5.77. The van der Waals surface area contributed by atoms with Gasteiger partial charge in [-0.25, -0.2) is 0 Å². The van der Waals surface area contributed by atoms with E-state index >= 15 is 0 Å². The fourth-order valence-electron chi connectivity index (χ4n) is 2.49. The molecule has 0 aromatic rings. The Kier molecular flexibility index (Phi) is 3.01. The third kappa shape index (κ3) is 2.51. The fourth-order valence-corrected chi connectivity index (χ4v) is 2.49. The maximum Gasteiger partial charge on any atom is 0.222 e. The summed E-state index contributed by atoms with van der Waals surface area (Å²) >= 11 is 0. The maximum absolute atomic E-state index is 11.7. The van der Waals surface area contributed by atoms with E-state index in [9.17, 15) is 4.79 Å². The average Bonchev–Trinajstić information content (AvgIpc) is 1.96. The highest BCUT2D eigenvalue weighted by atomic mass is 16.1. The second-order valence-electron chi connectivity index (χ2n) is 5.44. The predicted molar refractivity (Wildman–Crippen MR) is 60.3 cm³/mol. The summed E-state index contributed by atoms with van der Waals surface area (Å²) in [6, 6.07) is 0.343.